The first-order valence-corrected chi connectivity index (χ1v) is 9.97. The molecular weight excluding hydrogens is 342 g/mol. The summed E-state index contributed by atoms with van der Waals surface area (Å²) in [4.78, 5) is 19.2. The Morgan fingerprint density at radius 3 is 2.89 bits per heavy atom. The second kappa shape index (κ2) is 10.3. The summed E-state index contributed by atoms with van der Waals surface area (Å²) in [6.45, 7) is 10.3. The lowest BCUT2D eigenvalue weighted by atomic mass is 9.93. The van der Waals surface area contributed by atoms with Crippen LogP contribution in [0.4, 0.5) is 0 Å². The van der Waals surface area contributed by atoms with Gasteiger partial charge in [0, 0.05) is 32.6 Å². The second-order valence-electron chi connectivity index (χ2n) is 7.69. The molecule has 1 atom stereocenters. The molecule has 3 N–H and O–H groups in total. The number of hydrogen-bond acceptors (Lipinski definition) is 4. The quantitative estimate of drug-likeness (QED) is 0.450. The molecule has 1 aromatic rings. The van der Waals surface area contributed by atoms with E-state index in [1.165, 1.54) is 19.4 Å². The zero-order valence-electron chi connectivity index (χ0n) is 17.2. The van der Waals surface area contributed by atoms with Crippen molar-refractivity contribution >= 4 is 11.9 Å². The average molecular weight is 378 g/mol. The van der Waals surface area contributed by atoms with Gasteiger partial charge in [0.15, 0.2) is 5.96 Å². The number of hydrogen-bond donors (Lipinski definition) is 3. The smallest absolute Gasteiger partial charge is 0.227 e. The van der Waals surface area contributed by atoms with Crippen LogP contribution in [0.5, 0.6) is 0 Å². The van der Waals surface area contributed by atoms with Crippen molar-refractivity contribution < 1.29 is 9.21 Å². The number of carbonyl (C=O) groups is 1. The summed E-state index contributed by atoms with van der Waals surface area (Å²) in [5.74, 6) is 1.69. The maximum Gasteiger partial charge on any atom is 0.227 e. The third kappa shape index (κ3) is 6.57. The lowest BCUT2D eigenvalue weighted by Gasteiger charge is -2.25. The Balaban J connectivity index is 1.93. The molecule has 0 radical (unpaired) electrons. The van der Waals surface area contributed by atoms with E-state index in [9.17, 15) is 4.79 Å². The van der Waals surface area contributed by atoms with Crippen LogP contribution in [0.1, 0.15) is 39.4 Å². The Hall–Kier alpha value is -2.02. The Bertz CT molecular complexity index is 598. The molecule has 0 aliphatic carbocycles. The van der Waals surface area contributed by atoms with Crippen molar-refractivity contribution in [2.24, 2.45) is 10.4 Å². The highest BCUT2D eigenvalue weighted by Gasteiger charge is 2.27. The molecule has 27 heavy (non-hydrogen) atoms. The number of amides is 1. The second-order valence-corrected chi connectivity index (χ2v) is 7.69. The number of nitrogens with one attached hydrogen (secondary N) is 3. The van der Waals surface area contributed by atoms with Gasteiger partial charge in [0.1, 0.15) is 5.76 Å². The van der Waals surface area contributed by atoms with Crippen LogP contribution < -0.4 is 16.0 Å². The molecule has 152 valence electrons. The highest BCUT2D eigenvalue weighted by molar-refractivity contribution is 5.83. The summed E-state index contributed by atoms with van der Waals surface area (Å²) in [7, 11) is 1.66. The fourth-order valence-corrected chi connectivity index (χ4v) is 3.38. The molecule has 2 heterocycles. The Morgan fingerprint density at radius 1 is 1.41 bits per heavy atom. The van der Waals surface area contributed by atoms with Gasteiger partial charge in [-0.15, -0.1) is 0 Å². The van der Waals surface area contributed by atoms with Gasteiger partial charge in [0.05, 0.1) is 18.2 Å². The molecule has 7 nitrogen and oxygen atoms in total. The van der Waals surface area contributed by atoms with E-state index in [0.717, 1.165) is 37.8 Å². The molecule has 1 aliphatic heterocycles. The van der Waals surface area contributed by atoms with Crippen LogP contribution >= 0.6 is 0 Å². The van der Waals surface area contributed by atoms with Crippen LogP contribution in [0.2, 0.25) is 0 Å². The number of guanidine groups is 1. The van der Waals surface area contributed by atoms with Crippen molar-refractivity contribution in [1.82, 2.24) is 20.9 Å². The third-order valence-electron chi connectivity index (χ3n) is 5.13. The van der Waals surface area contributed by atoms with E-state index < -0.39 is 5.41 Å². The summed E-state index contributed by atoms with van der Waals surface area (Å²) >= 11 is 0. The monoisotopic (exact) mass is 377 g/mol. The first-order valence-electron chi connectivity index (χ1n) is 9.97. The molecule has 1 fully saturated rings. The molecule has 7 heteroatoms. The zero-order chi connectivity index (χ0) is 19.7. The Morgan fingerprint density at radius 2 is 2.22 bits per heavy atom. The van der Waals surface area contributed by atoms with Gasteiger partial charge < -0.3 is 20.4 Å². The summed E-state index contributed by atoms with van der Waals surface area (Å²) < 4.78 is 5.39. The maximum atomic E-state index is 12.0. The van der Waals surface area contributed by atoms with Crippen LogP contribution in [-0.4, -0.2) is 62.6 Å². The molecular formula is C20H35N5O2. The van der Waals surface area contributed by atoms with Crippen LogP contribution in [0.25, 0.3) is 0 Å². The van der Waals surface area contributed by atoms with E-state index in [-0.39, 0.29) is 5.91 Å². The summed E-state index contributed by atoms with van der Waals surface area (Å²) in [5.41, 5.74) is -0.548. The topological polar surface area (TPSA) is 81.9 Å². The number of nitrogens with zero attached hydrogens (tertiary/aromatic N) is 2. The van der Waals surface area contributed by atoms with E-state index in [0.29, 0.717) is 12.6 Å². The van der Waals surface area contributed by atoms with Crippen molar-refractivity contribution in [1.29, 1.82) is 0 Å². The van der Waals surface area contributed by atoms with E-state index in [1.807, 2.05) is 26.0 Å². The summed E-state index contributed by atoms with van der Waals surface area (Å²) in [5, 5.41) is 9.56. The van der Waals surface area contributed by atoms with Crippen molar-refractivity contribution in [2.75, 3.05) is 39.8 Å². The number of aliphatic imine (C=N–C) groups is 1. The maximum absolute atomic E-state index is 12.0. The molecule has 0 spiro atoms. The number of furan rings is 1. The first kappa shape index (κ1) is 21.3. The van der Waals surface area contributed by atoms with Gasteiger partial charge in [-0.2, -0.15) is 0 Å². The minimum Gasteiger partial charge on any atom is -0.469 e. The molecule has 0 bridgehead atoms. The van der Waals surface area contributed by atoms with Crippen LogP contribution in [-0.2, 0) is 11.2 Å². The summed E-state index contributed by atoms with van der Waals surface area (Å²) in [6.07, 6.45) is 4.94. The van der Waals surface area contributed by atoms with E-state index in [4.69, 9.17) is 4.42 Å². The fraction of sp³-hybridized carbons (Fsp3) is 0.700. The number of likely N-dealkylation sites (N-methyl/N-ethyl adjacent to an activating group) is 1. The van der Waals surface area contributed by atoms with E-state index in [2.05, 4.69) is 32.8 Å². The fourth-order valence-electron chi connectivity index (χ4n) is 3.38. The Labute approximate surface area is 163 Å². The molecule has 1 saturated heterocycles. The molecule has 0 aromatic carbocycles. The molecule has 1 aromatic heterocycles. The normalized spacial score (nSPS) is 18.5. The molecule has 0 saturated carbocycles. The van der Waals surface area contributed by atoms with Crippen molar-refractivity contribution in [3.8, 4) is 0 Å². The van der Waals surface area contributed by atoms with Crippen LogP contribution in [0.15, 0.2) is 27.8 Å². The third-order valence-corrected chi connectivity index (χ3v) is 5.13. The summed E-state index contributed by atoms with van der Waals surface area (Å²) in [6, 6.07) is 4.41. The zero-order valence-corrected chi connectivity index (χ0v) is 17.2. The highest BCUT2D eigenvalue weighted by Crippen LogP contribution is 2.16. The van der Waals surface area contributed by atoms with E-state index in [1.54, 1.807) is 13.3 Å². The number of likely N-dealkylation sites (tertiary alicyclic amines) is 1. The SMILES string of the molecule is CCN1CCCC1CNC(=NCC(C)(C)C(=O)NC)NCCc1ccco1. The van der Waals surface area contributed by atoms with Crippen LogP contribution in [0.3, 0.4) is 0 Å². The molecule has 2 rings (SSSR count). The lowest BCUT2D eigenvalue weighted by molar-refractivity contribution is -0.128. The van der Waals surface area contributed by atoms with Crippen molar-refractivity contribution in [3.63, 3.8) is 0 Å². The predicted octanol–water partition coefficient (Wildman–Crippen LogP) is 1.61. The van der Waals surface area contributed by atoms with Crippen molar-refractivity contribution in [2.45, 2.75) is 46.1 Å². The number of rotatable bonds is 9. The number of carbonyl (C=O) groups excluding carboxylic acids is 1. The largest absolute Gasteiger partial charge is 0.469 e. The van der Waals surface area contributed by atoms with Gasteiger partial charge in [0.25, 0.3) is 0 Å². The highest BCUT2D eigenvalue weighted by atomic mass is 16.3. The predicted molar refractivity (Wildman–Crippen MR) is 109 cm³/mol. The lowest BCUT2D eigenvalue weighted by Crippen LogP contribution is -2.46. The van der Waals surface area contributed by atoms with Gasteiger partial charge in [-0.1, -0.05) is 6.92 Å². The van der Waals surface area contributed by atoms with Gasteiger partial charge >= 0.3 is 0 Å². The average Bonchev–Trinajstić information content (AvgIpc) is 3.34. The molecule has 1 aliphatic rings. The molecule has 1 amide bonds. The first-order chi connectivity index (χ1) is 13.0. The van der Waals surface area contributed by atoms with Gasteiger partial charge in [0.2, 0.25) is 5.91 Å². The van der Waals surface area contributed by atoms with Gasteiger partial charge in [-0.3, -0.25) is 14.7 Å². The van der Waals surface area contributed by atoms with Gasteiger partial charge in [-0.25, -0.2) is 0 Å². The molecule has 1 unspecified atom stereocenters. The van der Waals surface area contributed by atoms with E-state index >= 15 is 0 Å². The standard InChI is InChI=1S/C20H35N5O2/c1-5-25-12-6-8-16(25)14-23-19(22-11-10-17-9-7-13-27-17)24-15-20(2,3)18(26)21-4/h7,9,13,16H,5-6,8,10-12,14-15H2,1-4H3,(H,21,26)(H2,22,23,24). The minimum atomic E-state index is -0.548. The Kier molecular flexibility index (Phi) is 8.16. The van der Waals surface area contributed by atoms with Gasteiger partial charge in [-0.05, 0) is 51.9 Å². The van der Waals surface area contributed by atoms with Crippen molar-refractivity contribution in [3.05, 3.63) is 24.2 Å². The van der Waals surface area contributed by atoms with Crippen LogP contribution in [0, 0.1) is 5.41 Å². The minimum absolute atomic E-state index is 0.00543.